The van der Waals surface area contributed by atoms with Crippen LogP contribution in [0.3, 0.4) is 0 Å². The predicted octanol–water partition coefficient (Wildman–Crippen LogP) is 1.83. The standard InChI is InChI=1S/C15H11BrN2O4S/c16-10-3-6-12-13(7-10)18(15(20)14(12)19)8-9-1-4-11(5-2-9)23(17,21)22/h1-7H,8H2,(H2,17,21,22). The van der Waals surface area contributed by atoms with Crippen LogP contribution in [0.4, 0.5) is 5.69 Å². The van der Waals surface area contributed by atoms with Gasteiger partial charge in [0, 0.05) is 4.47 Å². The molecule has 0 aliphatic carbocycles. The van der Waals surface area contributed by atoms with E-state index >= 15 is 0 Å². The van der Waals surface area contributed by atoms with Gasteiger partial charge in [-0.2, -0.15) is 0 Å². The second-order valence-corrected chi connectivity index (χ2v) is 7.55. The van der Waals surface area contributed by atoms with Crippen LogP contribution < -0.4 is 10.0 Å². The second-order valence-electron chi connectivity index (χ2n) is 5.07. The minimum atomic E-state index is -3.76. The Labute approximate surface area is 141 Å². The molecule has 1 heterocycles. The highest BCUT2D eigenvalue weighted by atomic mass is 79.9. The van der Waals surface area contributed by atoms with Crippen molar-refractivity contribution < 1.29 is 18.0 Å². The van der Waals surface area contributed by atoms with Gasteiger partial charge in [-0.15, -0.1) is 0 Å². The molecule has 6 nitrogen and oxygen atoms in total. The van der Waals surface area contributed by atoms with Gasteiger partial charge in [-0.1, -0.05) is 28.1 Å². The summed E-state index contributed by atoms with van der Waals surface area (Å²) in [5.74, 6) is -1.15. The summed E-state index contributed by atoms with van der Waals surface area (Å²) in [6, 6.07) is 10.9. The first kappa shape index (κ1) is 15.9. The van der Waals surface area contributed by atoms with Crippen molar-refractivity contribution in [2.75, 3.05) is 4.90 Å². The van der Waals surface area contributed by atoms with Crippen molar-refractivity contribution in [2.45, 2.75) is 11.4 Å². The van der Waals surface area contributed by atoms with Gasteiger partial charge in [0.2, 0.25) is 10.0 Å². The van der Waals surface area contributed by atoms with E-state index in [9.17, 15) is 18.0 Å². The first-order valence-electron chi connectivity index (χ1n) is 6.55. The van der Waals surface area contributed by atoms with Gasteiger partial charge in [0.05, 0.1) is 22.7 Å². The largest absolute Gasteiger partial charge is 0.300 e. The number of hydrogen-bond acceptors (Lipinski definition) is 4. The van der Waals surface area contributed by atoms with E-state index in [2.05, 4.69) is 15.9 Å². The fourth-order valence-electron chi connectivity index (χ4n) is 2.39. The number of carbonyl (C=O) groups excluding carboxylic acids is 2. The van der Waals surface area contributed by atoms with Crippen LogP contribution in [0.5, 0.6) is 0 Å². The van der Waals surface area contributed by atoms with E-state index in [-0.39, 0.29) is 11.4 Å². The number of sulfonamides is 1. The van der Waals surface area contributed by atoms with Crippen LogP contribution in [0, 0.1) is 0 Å². The van der Waals surface area contributed by atoms with Gasteiger partial charge >= 0.3 is 0 Å². The van der Waals surface area contributed by atoms with E-state index in [0.717, 1.165) is 4.47 Å². The molecular weight excluding hydrogens is 384 g/mol. The quantitative estimate of drug-likeness (QED) is 0.802. The predicted molar refractivity (Wildman–Crippen MR) is 87.5 cm³/mol. The maximum Gasteiger partial charge on any atom is 0.299 e. The number of ketones is 1. The lowest BCUT2D eigenvalue weighted by molar-refractivity contribution is -0.114. The van der Waals surface area contributed by atoms with Gasteiger partial charge in [0.1, 0.15) is 0 Å². The smallest absolute Gasteiger partial charge is 0.299 e. The monoisotopic (exact) mass is 394 g/mol. The average molecular weight is 395 g/mol. The molecule has 1 aliphatic rings. The summed E-state index contributed by atoms with van der Waals surface area (Å²) in [4.78, 5) is 25.5. The minimum Gasteiger partial charge on any atom is -0.300 e. The number of hydrogen-bond donors (Lipinski definition) is 1. The fourth-order valence-corrected chi connectivity index (χ4v) is 3.26. The number of amides is 1. The number of benzene rings is 2. The molecular formula is C15H11BrN2O4S. The topological polar surface area (TPSA) is 97.5 Å². The molecule has 1 aliphatic heterocycles. The molecule has 2 aromatic carbocycles. The molecule has 118 valence electrons. The summed E-state index contributed by atoms with van der Waals surface area (Å²) in [6.07, 6.45) is 0. The minimum absolute atomic E-state index is 0.00628. The van der Waals surface area contributed by atoms with Crippen LogP contribution in [-0.2, 0) is 21.4 Å². The number of nitrogens with zero attached hydrogens (tertiary/aromatic N) is 1. The zero-order valence-corrected chi connectivity index (χ0v) is 14.1. The lowest BCUT2D eigenvalue weighted by Gasteiger charge is -2.17. The Hall–Kier alpha value is -2.03. The van der Waals surface area contributed by atoms with Gasteiger partial charge in [-0.25, -0.2) is 13.6 Å². The third-order valence-corrected chi connectivity index (χ3v) is 4.95. The molecule has 2 N–H and O–H groups in total. The molecule has 0 spiro atoms. The Balaban J connectivity index is 1.93. The molecule has 0 aromatic heterocycles. The lowest BCUT2D eigenvalue weighted by Crippen LogP contribution is -2.29. The molecule has 0 fully saturated rings. The van der Waals surface area contributed by atoms with E-state index in [1.54, 1.807) is 30.3 Å². The third kappa shape index (κ3) is 2.92. The Morgan fingerprint density at radius 2 is 1.70 bits per heavy atom. The van der Waals surface area contributed by atoms with Crippen molar-refractivity contribution in [3.8, 4) is 0 Å². The fraction of sp³-hybridized carbons (Fsp3) is 0.0667. The van der Waals surface area contributed by atoms with Gasteiger partial charge in [-0.05, 0) is 35.9 Å². The van der Waals surface area contributed by atoms with Gasteiger partial charge in [0.15, 0.2) is 0 Å². The third-order valence-electron chi connectivity index (χ3n) is 3.53. The highest BCUT2D eigenvalue weighted by Crippen LogP contribution is 2.32. The van der Waals surface area contributed by atoms with Crippen LogP contribution in [0.2, 0.25) is 0 Å². The molecule has 3 rings (SSSR count). The molecule has 0 radical (unpaired) electrons. The molecule has 1 amide bonds. The van der Waals surface area contributed by atoms with Crippen molar-refractivity contribution in [1.29, 1.82) is 0 Å². The van der Waals surface area contributed by atoms with Crippen molar-refractivity contribution in [2.24, 2.45) is 5.14 Å². The van der Waals surface area contributed by atoms with E-state index in [0.29, 0.717) is 16.8 Å². The first-order chi connectivity index (χ1) is 10.8. The summed E-state index contributed by atoms with van der Waals surface area (Å²) in [5, 5.41) is 5.05. The van der Waals surface area contributed by atoms with Crippen molar-refractivity contribution in [3.63, 3.8) is 0 Å². The summed E-state index contributed by atoms with van der Waals surface area (Å²) < 4.78 is 23.3. The molecule has 0 bridgehead atoms. The van der Waals surface area contributed by atoms with E-state index in [1.165, 1.54) is 17.0 Å². The summed E-state index contributed by atoms with van der Waals surface area (Å²) in [5.41, 5.74) is 1.58. The number of anilines is 1. The zero-order valence-electron chi connectivity index (χ0n) is 11.7. The van der Waals surface area contributed by atoms with Crippen LogP contribution >= 0.6 is 15.9 Å². The molecule has 8 heteroatoms. The van der Waals surface area contributed by atoms with Gasteiger partial charge in [0.25, 0.3) is 11.7 Å². The Kier molecular flexibility index (Phi) is 3.83. The van der Waals surface area contributed by atoms with Crippen molar-refractivity contribution in [3.05, 3.63) is 58.1 Å². The number of halogens is 1. The highest BCUT2D eigenvalue weighted by molar-refractivity contribution is 9.10. The first-order valence-corrected chi connectivity index (χ1v) is 8.89. The molecule has 0 unspecified atom stereocenters. The second kappa shape index (κ2) is 5.55. The van der Waals surface area contributed by atoms with E-state index in [4.69, 9.17) is 5.14 Å². The summed E-state index contributed by atoms with van der Waals surface area (Å²) >= 11 is 3.32. The summed E-state index contributed by atoms with van der Waals surface area (Å²) in [7, 11) is -3.76. The molecule has 0 saturated carbocycles. The summed E-state index contributed by atoms with van der Waals surface area (Å²) in [6.45, 7) is 0.166. The van der Waals surface area contributed by atoms with E-state index < -0.39 is 21.7 Å². The Morgan fingerprint density at radius 3 is 2.30 bits per heavy atom. The Morgan fingerprint density at radius 1 is 1.04 bits per heavy atom. The normalized spacial score (nSPS) is 14.3. The highest BCUT2D eigenvalue weighted by Gasteiger charge is 2.35. The molecule has 2 aromatic rings. The number of nitrogens with two attached hydrogens (primary N) is 1. The van der Waals surface area contributed by atoms with Crippen LogP contribution in [0.1, 0.15) is 15.9 Å². The maximum atomic E-state index is 12.1. The number of rotatable bonds is 3. The SMILES string of the molecule is NS(=O)(=O)c1ccc(CN2C(=O)C(=O)c3ccc(Br)cc32)cc1. The molecule has 0 atom stereocenters. The maximum absolute atomic E-state index is 12.1. The molecule has 23 heavy (non-hydrogen) atoms. The van der Waals surface area contributed by atoms with Gasteiger partial charge in [-0.3, -0.25) is 9.59 Å². The average Bonchev–Trinajstić information content (AvgIpc) is 2.72. The number of carbonyl (C=O) groups is 2. The van der Waals surface area contributed by atoms with Crippen molar-refractivity contribution in [1.82, 2.24) is 0 Å². The Bertz CT molecular complexity index is 923. The van der Waals surface area contributed by atoms with Gasteiger partial charge < -0.3 is 4.90 Å². The van der Waals surface area contributed by atoms with Crippen molar-refractivity contribution >= 4 is 43.3 Å². The number of primary sulfonamides is 1. The molecule has 0 saturated heterocycles. The van der Waals surface area contributed by atoms with Crippen LogP contribution in [-0.4, -0.2) is 20.1 Å². The van der Waals surface area contributed by atoms with Crippen LogP contribution in [0.25, 0.3) is 0 Å². The number of Topliss-reactive ketones (excluding diaryl/α,β-unsaturated/α-hetero) is 1. The number of fused-ring (bicyclic) bond motifs is 1. The zero-order chi connectivity index (χ0) is 16.8. The van der Waals surface area contributed by atoms with Crippen LogP contribution in [0.15, 0.2) is 51.8 Å². The van der Waals surface area contributed by atoms with E-state index in [1.807, 2.05) is 0 Å². The lowest BCUT2D eigenvalue weighted by atomic mass is 10.1.